The number of thiophene rings is 1. The summed E-state index contributed by atoms with van der Waals surface area (Å²) in [4.78, 5) is 18.0. The van der Waals surface area contributed by atoms with Crippen LogP contribution in [-0.2, 0) is 11.2 Å². The number of guanidine groups is 1. The van der Waals surface area contributed by atoms with Gasteiger partial charge in [0.15, 0.2) is 5.96 Å². The molecule has 7 heteroatoms. The molecule has 0 aliphatic rings. The molecule has 0 fully saturated rings. The van der Waals surface area contributed by atoms with E-state index in [4.69, 9.17) is 11.6 Å². The van der Waals surface area contributed by atoms with E-state index in [1.165, 1.54) is 4.88 Å². The first kappa shape index (κ1) is 20.3. The maximum Gasteiger partial charge on any atom is 0.226 e. The standard InChI is InChI=1S/C19H25ClN4OS/c1-3-21-19(22-11-9-15-6-5-13-26-15)23-12-10-18(25)24-17-8-4-7-16(20)14(17)2/h4-8,13H,3,9-12H2,1-2H3,(H,24,25)(H2,21,22,23). The third kappa shape index (κ3) is 6.69. The van der Waals surface area contributed by atoms with Crippen LogP contribution in [0.1, 0.15) is 23.8 Å². The van der Waals surface area contributed by atoms with E-state index in [2.05, 4.69) is 32.4 Å². The topological polar surface area (TPSA) is 65.5 Å². The number of halogens is 1. The fraction of sp³-hybridized carbons (Fsp3) is 0.368. The Kier molecular flexibility index (Phi) is 8.44. The van der Waals surface area contributed by atoms with E-state index >= 15 is 0 Å². The Bertz CT molecular complexity index is 731. The normalized spacial score (nSPS) is 11.3. The second-order valence-electron chi connectivity index (χ2n) is 5.73. The van der Waals surface area contributed by atoms with Crippen molar-refractivity contribution >= 4 is 40.5 Å². The van der Waals surface area contributed by atoms with Gasteiger partial charge in [-0.1, -0.05) is 23.7 Å². The highest BCUT2D eigenvalue weighted by Gasteiger charge is 2.07. The van der Waals surface area contributed by atoms with Gasteiger partial charge in [0.1, 0.15) is 0 Å². The number of anilines is 1. The zero-order valence-electron chi connectivity index (χ0n) is 15.1. The second-order valence-corrected chi connectivity index (χ2v) is 7.17. The number of benzene rings is 1. The molecule has 1 aromatic carbocycles. The first-order chi connectivity index (χ1) is 12.6. The zero-order chi connectivity index (χ0) is 18.8. The first-order valence-electron chi connectivity index (χ1n) is 8.69. The number of hydrogen-bond acceptors (Lipinski definition) is 3. The fourth-order valence-corrected chi connectivity index (χ4v) is 3.20. The van der Waals surface area contributed by atoms with Crippen molar-refractivity contribution in [3.63, 3.8) is 0 Å². The lowest BCUT2D eigenvalue weighted by atomic mass is 10.2. The molecule has 1 aromatic heterocycles. The Morgan fingerprint density at radius 2 is 2.08 bits per heavy atom. The van der Waals surface area contributed by atoms with Crippen molar-refractivity contribution in [1.29, 1.82) is 0 Å². The molecule has 2 aromatic rings. The predicted octanol–water partition coefficient (Wildman–Crippen LogP) is 3.84. The second kappa shape index (κ2) is 10.8. The Labute approximate surface area is 163 Å². The minimum Gasteiger partial charge on any atom is -0.357 e. The van der Waals surface area contributed by atoms with Gasteiger partial charge in [0, 0.05) is 48.1 Å². The molecule has 0 atom stereocenters. The lowest BCUT2D eigenvalue weighted by Crippen LogP contribution is -2.38. The lowest BCUT2D eigenvalue weighted by Gasteiger charge is -2.12. The van der Waals surface area contributed by atoms with Gasteiger partial charge in [0.2, 0.25) is 5.91 Å². The molecule has 0 saturated carbocycles. The molecule has 140 valence electrons. The molecule has 0 saturated heterocycles. The molecule has 0 aliphatic carbocycles. The Morgan fingerprint density at radius 3 is 2.81 bits per heavy atom. The van der Waals surface area contributed by atoms with Crippen LogP contribution in [0.3, 0.4) is 0 Å². The third-order valence-corrected chi connectivity index (χ3v) is 5.08. The van der Waals surface area contributed by atoms with Crippen molar-refractivity contribution in [2.45, 2.75) is 26.7 Å². The fourth-order valence-electron chi connectivity index (χ4n) is 2.32. The summed E-state index contributed by atoms with van der Waals surface area (Å²) in [5.74, 6) is 0.674. The number of hydrogen-bond donors (Lipinski definition) is 3. The van der Waals surface area contributed by atoms with E-state index in [1.807, 2.05) is 38.1 Å². The smallest absolute Gasteiger partial charge is 0.226 e. The molecule has 1 heterocycles. The highest BCUT2D eigenvalue weighted by atomic mass is 35.5. The number of aliphatic imine (C=N–C) groups is 1. The van der Waals surface area contributed by atoms with Crippen LogP contribution in [0.15, 0.2) is 40.7 Å². The van der Waals surface area contributed by atoms with Gasteiger partial charge in [0.25, 0.3) is 0 Å². The molecular weight excluding hydrogens is 368 g/mol. The number of nitrogens with one attached hydrogen (secondary N) is 3. The Hall–Kier alpha value is -2.05. The van der Waals surface area contributed by atoms with Crippen LogP contribution in [0.5, 0.6) is 0 Å². The quantitative estimate of drug-likeness (QED) is 0.472. The number of carbonyl (C=O) groups is 1. The summed E-state index contributed by atoms with van der Waals surface area (Å²) in [6, 6.07) is 9.65. The molecule has 3 N–H and O–H groups in total. The zero-order valence-corrected chi connectivity index (χ0v) is 16.7. The Balaban J connectivity index is 1.77. The summed E-state index contributed by atoms with van der Waals surface area (Å²) in [6.45, 7) is 5.91. The van der Waals surface area contributed by atoms with E-state index < -0.39 is 0 Å². The van der Waals surface area contributed by atoms with Crippen molar-refractivity contribution in [3.8, 4) is 0 Å². The minimum absolute atomic E-state index is 0.0581. The van der Waals surface area contributed by atoms with E-state index in [1.54, 1.807) is 11.3 Å². The van der Waals surface area contributed by atoms with Gasteiger partial charge < -0.3 is 16.0 Å². The van der Waals surface area contributed by atoms with Crippen LogP contribution in [-0.4, -0.2) is 31.5 Å². The van der Waals surface area contributed by atoms with Crippen LogP contribution >= 0.6 is 22.9 Å². The molecular formula is C19H25ClN4OS. The number of nitrogens with zero attached hydrogens (tertiary/aromatic N) is 1. The predicted molar refractivity (Wildman–Crippen MR) is 111 cm³/mol. The third-order valence-electron chi connectivity index (χ3n) is 3.74. The highest BCUT2D eigenvalue weighted by molar-refractivity contribution is 7.09. The molecule has 0 spiro atoms. The van der Waals surface area contributed by atoms with Crippen LogP contribution in [0.2, 0.25) is 5.02 Å². The number of amides is 1. The summed E-state index contributed by atoms with van der Waals surface area (Å²) < 4.78 is 0. The van der Waals surface area contributed by atoms with Gasteiger partial charge in [0.05, 0.1) is 0 Å². The summed E-state index contributed by atoms with van der Waals surface area (Å²) in [7, 11) is 0. The number of rotatable bonds is 8. The van der Waals surface area contributed by atoms with Crippen LogP contribution in [0.4, 0.5) is 5.69 Å². The van der Waals surface area contributed by atoms with E-state index in [0.29, 0.717) is 24.5 Å². The Morgan fingerprint density at radius 1 is 1.23 bits per heavy atom. The monoisotopic (exact) mass is 392 g/mol. The van der Waals surface area contributed by atoms with E-state index in [-0.39, 0.29) is 5.91 Å². The molecule has 0 radical (unpaired) electrons. The summed E-state index contributed by atoms with van der Waals surface area (Å²) >= 11 is 7.82. The van der Waals surface area contributed by atoms with Crippen molar-refractivity contribution in [3.05, 3.63) is 51.2 Å². The van der Waals surface area contributed by atoms with Crippen LogP contribution in [0.25, 0.3) is 0 Å². The summed E-state index contributed by atoms with van der Waals surface area (Å²) in [6.07, 6.45) is 1.27. The van der Waals surface area contributed by atoms with Crippen molar-refractivity contribution in [2.75, 3.05) is 25.0 Å². The van der Waals surface area contributed by atoms with Gasteiger partial charge in [-0.3, -0.25) is 9.79 Å². The maximum atomic E-state index is 12.1. The van der Waals surface area contributed by atoms with Gasteiger partial charge in [-0.2, -0.15) is 0 Å². The summed E-state index contributed by atoms with van der Waals surface area (Å²) in [5, 5.41) is 12.0. The highest BCUT2D eigenvalue weighted by Crippen LogP contribution is 2.22. The van der Waals surface area contributed by atoms with E-state index in [0.717, 1.165) is 30.2 Å². The number of carbonyl (C=O) groups excluding carboxylic acids is 1. The van der Waals surface area contributed by atoms with Crippen molar-refractivity contribution in [2.24, 2.45) is 4.99 Å². The van der Waals surface area contributed by atoms with Gasteiger partial charge >= 0.3 is 0 Å². The average molecular weight is 393 g/mol. The molecule has 0 bridgehead atoms. The SMILES string of the molecule is CCNC(=NCCc1cccs1)NCCC(=O)Nc1cccc(Cl)c1C. The molecule has 5 nitrogen and oxygen atoms in total. The van der Waals surface area contributed by atoms with Crippen molar-refractivity contribution < 1.29 is 4.79 Å². The minimum atomic E-state index is -0.0581. The molecule has 26 heavy (non-hydrogen) atoms. The van der Waals surface area contributed by atoms with Crippen LogP contribution in [0, 0.1) is 6.92 Å². The average Bonchev–Trinajstić information content (AvgIpc) is 3.12. The van der Waals surface area contributed by atoms with Gasteiger partial charge in [-0.25, -0.2) is 0 Å². The summed E-state index contributed by atoms with van der Waals surface area (Å²) in [5.41, 5.74) is 1.62. The largest absolute Gasteiger partial charge is 0.357 e. The van der Waals surface area contributed by atoms with E-state index in [9.17, 15) is 4.79 Å². The molecule has 0 aliphatic heterocycles. The van der Waals surface area contributed by atoms with Gasteiger partial charge in [-0.05, 0) is 43.0 Å². The molecule has 2 rings (SSSR count). The lowest BCUT2D eigenvalue weighted by molar-refractivity contribution is -0.116. The first-order valence-corrected chi connectivity index (χ1v) is 9.95. The molecule has 0 unspecified atom stereocenters. The van der Waals surface area contributed by atoms with Crippen LogP contribution < -0.4 is 16.0 Å². The van der Waals surface area contributed by atoms with Crippen molar-refractivity contribution in [1.82, 2.24) is 10.6 Å². The van der Waals surface area contributed by atoms with Gasteiger partial charge in [-0.15, -0.1) is 11.3 Å². The molecule has 1 amide bonds. The maximum absolute atomic E-state index is 12.1.